The lowest BCUT2D eigenvalue weighted by molar-refractivity contribution is 0.628. The fourth-order valence-electron chi connectivity index (χ4n) is 2.69. The molecule has 0 aliphatic rings. The van der Waals surface area contributed by atoms with Gasteiger partial charge in [-0.3, -0.25) is 0 Å². The second kappa shape index (κ2) is 12.0. The number of nitrogens with zero attached hydrogens (tertiary/aromatic N) is 3. The van der Waals surface area contributed by atoms with Crippen molar-refractivity contribution in [1.82, 2.24) is 14.9 Å². The van der Waals surface area contributed by atoms with Crippen LogP contribution >= 0.6 is 11.8 Å². The van der Waals surface area contributed by atoms with E-state index in [1.54, 1.807) is 30.9 Å². The zero-order valence-corrected chi connectivity index (χ0v) is 18.3. The molecule has 0 amide bonds. The molecule has 3 rings (SSSR count). The maximum absolute atomic E-state index is 13.3. The van der Waals surface area contributed by atoms with Gasteiger partial charge >= 0.3 is 0 Å². The van der Waals surface area contributed by atoms with Crippen molar-refractivity contribution >= 4 is 29.7 Å². The summed E-state index contributed by atoms with van der Waals surface area (Å²) in [5, 5.41) is 9.08. The average Bonchev–Trinajstić information content (AvgIpc) is 3.11. The van der Waals surface area contributed by atoms with Crippen LogP contribution in [0.25, 0.3) is 22.5 Å². The molecule has 4 nitrogen and oxygen atoms in total. The number of nitrogens with one attached hydrogen (secondary N) is 1. The Hall–Kier alpha value is -2.60. The van der Waals surface area contributed by atoms with Crippen molar-refractivity contribution in [3.8, 4) is 11.3 Å². The van der Waals surface area contributed by atoms with Crippen LogP contribution < -0.4 is 5.32 Å². The molecule has 6 heteroatoms. The highest BCUT2D eigenvalue weighted by Gasteiger charge is 2.18. The van der Waals surface area contributed by atoms with Crippen molar-refractivity contribution in [2.45, 2.75) is 25.8 Å². The lowest BCUT2D eigenvalue weighted by Gasteiger charge is -2.08. The number of thioether (sulfide) groups is 1. The van der Waals surface area contributed by atoms with E-state index in [4.69, 9.17) is 5.10 Å². The number of rotatable bonds is 4. The Morgan fingerprint density at radius 3 is 2.32 bits per heavy atom. The van der Waals surface area contributed by atoms with E-state index in [1.807, 2.05) is 56.8 Å². The highest BCUT2D eigenvalue weighted by molar-refractivity contribution is 7.98. The Kier molecular flexibility index (Phi) is 10.0. The number of fused-ring (bicyclic) bond motifs is 1. The number of hydrogen-bond donors (Lipinski definition) is 1. The van der Waals surface area contributed by atoms with Crippen LogP contribution in [0.3, 0.4) is 0 Å². The SMILES string of the molecule is C/C=C(\NC)c1c(-c2ccc(F)cc2)nn2c(SC)cccc12.C=NC.CC. The van der Waals surface area contributed by atoms with Gasteiger partial charge in [0.05, 0.1) is 16.1 Å². The molecular formula is C22H29FN4S. The van der Waals surface area contributed by atoms with Crippen LogP contribution in [0.15, 0.2) is 58.6 Å². The third kappa shape index (κ3) is 5.23. The van der Waals surface area contributed by atoms with Crippen LogP contribution in [-0.2, 0) is 0 Å². The monoisotopic (exact) mass is 400 g/mol. The molecule has 2 heterocycles. The van der Waals surface area contributed by atoms with Gasteiger partial charge in [0.15, 0.2) is 0 Å². The van der Waals surface area contributed by atoms with E-state index in [2.05, 4.69) is 23.1 Å². The molecule has 0 radical (unpaired) electrons. The van der Waals surface area contributed by atoms with Gasteiger partial charge in [-0.25, -0.2) is 8.91 Å². The molecule has 1 N–H and O–H groups in total. The molecule has 3 aromatic rings. The van der Waals surface area contributed by atoms with Gasteiger partial charge in [0.1, 0.15) is 11.5 Å². The van der Waals surface area contributed by atoms with Crippen molar-refractivity contribution in [2.24, 2.45) is 4.99 Å². The summed E-state index contributed by atoms with van der Waals surface area (Å²) in [4.78, 5) is 3.25. The molecule has 0 saturated carbocycles. The number of pyridine rings is 1. The van der Waals surface area contributed by atoms with Gasteiger partial charge in [0.25, 0.3) is 0 Å². The van der Waals surface area contributed by atoms with E-state index in [0.717, 1.165) is 33.1 Å². The van der Waals surface area contributed by atoms with Crippen LogP contribution in [0.4, 0.5) is 4.39 Å². The van der Waals surface area contributed by atoms with Gasteiger partial charge in [0, 0.05) is 25.4 Å². The van der Waals surface area contributed by atoms with E-state index in [0.29, 0.717) is 0 Å². The van der Waals surface area contributed by atoms with E-state index in [1.165, 1.54) is 12.1 Å². The standard InChI is InChI=1S/C18H18FN3S.C2H5N.C2H6/c1-4-14(20-2)17-15-6-5-7-16(23-3)22(15)21-18(17)12-8-10-13(19)11-9-12;1-3-2;1-2/h4-11,20H,1-3H3;1H2,2H3;1-2H3/b14-4-;;. The summed E-state index contributed by atoms with van der Waals surface area (Å²) < 4.78 is 15.2. The van der Waals surface area contributed by atoms with Crippen LogP contribution in [0.1, 0.15) is 26.3 Å². The molecular weight excluding hydrogens is 371 g/mol. The molecule has 2 aromatic heterocycles. The van der Waals surface area contributed by atoms with Crippen molar-refractivity contribution in [3.05, 3.63) is 59.9 Å². The first kappa shape index (κ1) is 23.4. The molecule has 0 spiro atoms. The normalized spacial score (nSPS) is 10.5. The lowest BCUT2D eigenvalue weighted by Crippen LogP contribution is -2.05. The predicted octanol–water partition coefficient (Wildman–Crippen LogP) is 5.79. The average molecular weight is 401 g/mol. The molecule has 0 unspecified atom stereocenters. The number of allylic oxidation sites excluding steroid dienone is 1. The zero-order chi connectivity index (χ0) is 21.1. The Bertz CT molecular complexity index is 914. The van der Waals surface area contributed by atoms with Crippen molar-refractivity contribution in [2.75, 3.05) is 20.4 Å². The maximum atomic E-state index is 13.3. The Morgan fingerprint density at radius 2 is 1.82 bits per heavy atom. The number of halogens is 1. The number of hydrogen-bond acceptors (Lipinski definition) is 4. The first-order valence-electron chi connectivity index (χ1n) is 9.12. The summed E-state index contributed by atoms with van der Waals surface area (Å²) >= 11 is 1.65. The summed E-state index contributed by atoms with van der Waals surface area (Å²) in [6.45, 7) is 9.10. The summed E-state index contributed by atoms with van der Waals surface area (Å²) in [5.74, 6) is -0.247. The maximum Gasteiger partial charge on any atom is 0.123 e. The fraction of sp³-hybridized carbons (Fsp3) is 0.273. The molecule has 0 fully saturated rings. The predicted molar refractivity (Wildman–Crippen MR) is 122 cm³/mol. The van der Waals surface area contributed by atoms with Gasteiger partial charge in [-0.05, 0) is 56.3 Å². The Balaban J connectivity index is 0.000000717. The van der Waals surface area contributed by atoms with Gasteiger partial charge in [-0.1, -0.05) is 26.0 Å². The van der Waals surface area contributed by atoms with Gasteiger partial charge in [0.2, 0.25) is 0 Å². The summed E-state index contributed by atoms with van der Waals surface area (Å²) in [6.07, 6.45) is 4.05. The fourth-order valence-corrected chi connectivity index (χ4v) is 3.22. The summed E-state index contributed by atoms with van der Waals surface area (Å²) in [7, 11) is 3.53. The Labute approximate surface area is 171 Å². The minimum absolute atomic E-state index is 0.247. The van der Waals surface area contributed by atoms with Crippen LogP contribution in [-0.4, -0.2) is 36.7 Å². The van der Waals surface area contributed by atoms with Crippen LogP contribution in [0, 0.1) is 5.82 Å². The largest absolute Gasteiger partial charge is 0.388 e. The van der Waals surface area contributed by atoms with Crippen molar-refractivity contribution in [1.29, 1.82) is 0 Å². The van der Waals surface area contributed by atoms with Crippen LogP contribution in [0.2, 0.25) is 0 Å². The molecule has 0 aliphatic carbocycles. The van der Waals surface area contributed by atoms with Gasteiger partial charge < -0.3 is 10.3 Å². The highest BCUT2D eigenvalue weighted by Crippen LogP contribution is 2.32. The highest BCUT2D eigenvalue weighted by atomic mass is 32.2. The number of benzene rings is 1. The smallest absolute Gasteiger partial charge is 0.123 e. The Morgan fingerprint density at radius 1 is 1.21 bits per heavy atom. The molecule has 0 aliphatic heterocycles. The van der Waals surface area contributed by atoms with E-state index < -0.39 is 0 Å². The molecule has 1 aromatic carbocycles. The van der Waals surface area contributed by atoms with E-state index in [-0.39, 0.29) is 5.82 Å². The molecule has 0 bridgehead atoms. The van der Waals surface area contributed by atoms with Crippen molar-refractivity contribution in [3.63, 3.8) is 0 Å². The molecule has 150 valence electrons. The topological polar surface area (TPSA) is 41.7 Å². The first-order valence-corrected chi connectivity index (χ1v) is 10.3. The molecule has 0 saturated heterocycles. The summed E-state index contributed by atoms with van der Waals surface area (Å²) in [5.41, 5.74) is 4.79. The second-order valence-corrected chi connectivity index (χ2v) is 6.19. The lowest BCUT2D eigenvalue weighted by atomic mass is 10.0. The number of aliphatic imine (C=N–C) groups is 1. The molecule has 28 heavy (non-hydrogen) atoms. The minimum Gasteiger partial charge on any atom is -0.388 e. The summed E-state index contributed by atoms with van der Waals surface area (Å²) in [6, 6.07) is 12.6. The van der Waals surface area contributed by atoms with Gasteiger partial charge in [-0.15, -0.1) is 11.8 Å². The quantitative estimate of drug-likeness (QED) is 0.445. The third-order valence-electron chi connectivity index (χ3n) is 3.78. The first-order chi connectivity index (χ1) is 13.6. The zero-order valence-electron chi connectivity index (χ0n) is 17.5. The van der Waals surface area contributed by atoms with Crippen LogP contribution in [0.5, 0.6) is 0 Å². The molecule has 0 atom stereocenters. The second-order valence-electron chi connectivity index (χ2n) is 5.36. The number of aromatic nitrogens is 2. The van der Waals surface area contributed by atoms with Gasteiger partial charge in [-0.2, -0.15) is 5.10 Å². The van der Waals surface area contributed by atoms with Crippen molar-refractivity contribution < 1.29 is 4.39 Å². The third-order valence-corrected chi connectivity index (χ3v) is 4.50. The van der Waals surface area contributed by atoms with E-state index in [9.17, 15) is 4.39 Å². The van der Waals surface area contributed by atoms with E-state index >= 15 is 0 Å². The minimum atomic E-state index is -0.247.